The zero-order valence-corrected chi connectivity index (χ0v) is 16.3. The van der Waals surface area contributed by atoms with Crippen molar-refractivity contribution in [2.45, 2.75) is 12.7 Å². The number of hydrogen-bond acceptors (Lipinski definition) is 5. The smallest absolute Gasteiger partial charge is 0.253 e. The molecular formula is C22H28N2O4. The first-order chi connectivity index (χ1) is 13.7. The molecule has 1 heterocycles. The van der Waals surface area contributed by atoms with Crippen molar-refractivity contribution in [3.05, 3.63) is 65.7 Å². The average Bonchev–Trinajstić information content (AvgIpc) is 2.74. The molecule has 0 saturated carbocycles. The summed E-state index contributed by atoms with van der Waals surface area (Å²) >= 11 is 0. The molecule has 1 fully saturated rings. The number of aliphatic hydroxyl groups excluding tert-OH is 1. The number of nitrogens with zero attached hydrogens (tertiary/aromatic N) is 2. The van der Waals surface area contributed by atoms with Gasteiger partial charge in [-0.15, -0.1) is 0 Å². The molecule has 0 aromatic heterocycles. The van der Waals surface area contributed by atoms with Crippen LogP contribution in [0.2, 0.25) is 0 Å². The Hall–Kier alpha value is -2.41. The molecule has 6 heteroatoms. The van der Waals surface area contributed by atoms with E-state index in [1.807, 2.05) is 35.2 Å². The number of carbonyl (C=O) groups excluding carboxylic acids is 1. The van der Waals surface area contributed by atoms with Crippen molar-refractivity contribution in [1.29, 1.82) is 0 Å². The predicted octanol–water partition coefficient (Wildman–Crippen LogP) is 2.03. The van der Waals surface area contributed by atoms with Gasteiger partial charge >= 0.3 is 0 Å². The Kier molecular flexibility index (Phi) is 7.42. The Bertz CT molecular complexity index is 728. The minimum Gasteiger partial charge on any atom is -0.497 e. The maximum Gasteiger partial charge on any atom is 0.253 e. The highest BCUT2D eigenvalue weighted by Crippen LogP contribution is 2.14. The van der Waals surface area contributed by atoms with Crippen LogP contribution in [0.1, 0.15) is 15.9 Å². The van der Waals surface area contributed by atoms with E-state index in [0.29, 0.717) is 38.4 Å². The third kappa shape index (κ3) is 5.79. The largest absolute Gasteiger partial charge is 0.497 e. The van der Waals surface area contributed by atoms with Crippen LogP contribution in [0.4, 0.5) is 0 Å². The number of β-amino-alcohol motifs (C(OH)–C–C–N with tert-alkyl or cyclic N) is 1. The number of ether oxygens (including phenoxy) is 2. The van der Waals surface area contributed by atoms with Crippen molar-refractivity contribution >= 4 is 5.91 Å². The van der Waals surface area contributed by atoms with E-state index in [2.05, 4.69) is 4.90 Å². The van der Waals surface area contributed by atoms with Gasteiger partial charge in [0.15, 0.2) is 0 Å². The Morgan fingerprint density at radius 2 is 1.71 bits per heavy atom. The predicted molar refractivity (Wildman–Crippen MR) is 107 cm³/mol. The van der Waals surface area contributed by atoms with Gasteiger partial charge in [0.1, 0.15) is 5.75 Å². The number of aliphatic hydroxyl groups is 1. The molecule has 150 valence electrons. The van der Waals surface area contributed by atoms with Crippen LogP contribution in [-0.2, 0) is 11.3 Å². The third-order valence-electron chi connectivity index (χ3n) is 4.89. The van der Waals surface area contributed by atoms with Crippen LogP contribution in [0.3, 0.4) is 0 Å². The normalized spacial score (nSPS) is 16.0. The molecule has 2 aromatic carbocycles. The van der Waals surface area contributed by atoms with Crippen LogP contribution in [0.15, 0.2) is 54.6 Å². The summed E-state index contributed by atoms with van der Waals surface area (Å²) in [6, 6.07) is 17.1. The molecule has 3 rings (SSSR count). The van der Waals surface area contributed by atoms with Gasteiger partial charge in [-0.25, -0.2) is 0 Å². The van der Waals surface area contributed by atoms with E-state index >= 15 is 0 Å². The fourth-order valence-electron chi connectivity index (χ4n) is 3.29. The lowest BCUT2D eigenvalue weighted by molar-refractivity contribution is 0.00206. The highest BCUT2D eigenvalue weighted by Gasteiger charge is 2.23. The summed E-state index contributed by atoms with van der Waals surface area (Å²) < 4.78 is 10.7. The van der Waals surface area contributed by atoms with Crippen LogP contribution >= 0.6 is 0 Å². The topological polar surface area (TPSA) is 62.2 Å². The number of amides is 1. The molecule has 0 bridgehead atoms. The molecule has 1 N–H and O–H groups in total. The zero-order chi connectivity index (χ0) is 19.8. The highest BCUT2D eigenvalue weighted by molar-refractivity contribution is 5.94. The summed E-state index contributed by atoms with van der Waals surface area (Å²) in [6.45, 7) is 4.17. The standard InChI is InChI=1S/C22H28N2O4/c1-27-21-9-7-19(8-10-21)22(26)24-13-11-23(12-14-24)15-20(25)17-28-16-18-5-3-2-4-6-18/h2-10,20,25H,11-17H2,1H3. The van der Waals surface area contributed by atoms with Crippen molar-refractivity contribution in [3.63, 3.8) is 0 Å². The zero-order valence-electron chi connectivity index (χ0n) is 16.3. The van der Waals surface area contributed by atoms with Crippen molar-refractivity contribution in [1.82, 2.24) is 9.80 Å². The summed E-state index contributed by atoms with van der Waals surface area (Å²) in [6.07, 6.45) is -0.535. The fourth-order valence-corrected chi connectivity index (χ4v) is 3.29. The van der Waals surface area contributed by atoms with Gasteiger partial charge in [0.05, 0.1) is 26.4 Å². The summed E-state index contributed by atoms with van der Waals surface area (Å²) in [7, 11) is 1.61. The van der Waals surface area contributed by atoms with Crippen molar-refractivity contribution in [3.8, 4) is 5.75 Å². The molecular weight excluding hydrogens is 356 g/mol. The molecule has 0 radical (unpaired) electrons. The highest BCUT2D eigenvalue weighted by atomic mass is 16.5. The van der Waals surface area contributed by atoms with Gasteiger partial charge in [0, 0.05) is 38.3 Å². The van der Waals surface area contributed by atoms with Gasteiger partial charge in [-0.1, -0.05) is 30.3 Å². The van der Waals surface area contributed by atoms with E-state index in [9.17, 15) is 9.90 Å². The van der Waals surface area contributed by atoms with Crippen LogP contribution in [0.5, 0.6) is 5.75 Å². The van der Waals surface area contributed by atoms with Gasteiger partial charge in [0.25, 0.3) is 5.91 Å². The molecule has 0 spiro atoms. The molecule has 0 aliphatic carbocycles. The third-order valence-corrected chi connectivity index (χ3v) is 4.89. The van der Waals surface area contributed by atoms with Crippen LogP contribution in [0.25, 0.3) is 0 Å². The van der Waals surface area contributed by atoms with Crippen molar-refractivity contribution in [2.24, 2.45) is 0 Å². The summed E-state index contributed by atoms with van der Waals surface area (Å²) in [5.41, 5.74) is 1.77. The minimum absolute atomic E-state index is 0.0362. The molecule has 1 aliphatic heterocycles. The minimum atomic E-state index is -0.535. The van der Waals surface area contributed by atoms with Gasteiger partial charge in [-0.3, -0.25) is 9.69 Å². The lowest BCUT2D eigenvalue weighted by Crippen LogP contribution is -2.50. The molecule has 28 heavy (non-hydrogen) atoms. The monoisotopic (exact) mass is 384 g/mol. The van der Waals surface area contributed by atoms with E-state index in [-0.39, 0.29) is 5.91 Å². The number of methoxy groups -OCH3 is 1. The van der Waals surface area contributed by atoms with E-state index in [1.54, 1.807) is 31.4 Å². The lowest BCUT2D eigenvalue weighted by atomic mass is 10.1. The Labute approximate surface area is 166 Å². The van der Waals surface area contributed by atoms with Gasteiger partial charge in [-0.2, -0.15) is 0 Å². The van der Waals surface area contributed by atoms with E-state index in [1.165, 1.54) is 0 Å². The number of hydrogen-bond donors (Lipinski definition) is 1. The molecule has 6 nitrogen and oxygen atoms in total. The fraction of sp³-hybridized carbons (Fsp3) is 0.409. The molecule has 1 saturated heterocycles. The second-order valence-corrected chi connectivity index (χ2v) is 6.98. The summed E-state index contributed by atoms with van der Waals surface area (Å²) in [5.74, 6) is 0.777. The Balaban J connectivity index is 1.37. The van der Waals surface area contributed by atoms with Gasteiger partial charge in [-0.05, 0) is 29.8 Å². The average molecular weight is 384 g/mol. The van der Waals surface area contributed by atoms with Crippen LogP contribution in [0, 0.1) is 0 Å². The quantitative estimate of drug-likeness (QED) is 0.755. The first-order valence-electron chi connectivity index (χ1n) is 9.61. The first kappa shape index (κ1) is 20.3. The van der Waals surface area contributed by atoms with Crippen molar-refractivity contribution < 1.29 is 19.4 Å². The first-order valence-corrected chi connectivity index (χ1v) is 9.61. The van der Waals surface area contributed by atoms with E-state index < -0.39 is 6.10 Å². The molecule has 1 atom stereocenters. The van der Waals surface area contributed by atoms with Crippen molar-refractivity contribution in [2.75, 3.05) is 46.4 Å². The van der Waals surface area contributed by atoms with Crippen LogP contribution < -0.4 is 4.74 Å². The summed E-state index contributed by atoms with van der Waals surface area (Å²) in [5, 5.41) is 10.2. The number of rotatable bonds is 8. The second kappa shape index (κ2) is 10.2. The maximum atomic E-state index is 12.6. The molecule has 1 amide bonds. The molecule has 1 aliphatic rings. The molecule has 1 unspecified atom stereocenters. The lowest BCUT2D eigenvalue weighted by Gasteiger charge is -2.35. The number of piperazine rings is 1. The van der Waals surface area contributed by atoms with Crippen LogP contribution in [-0.4, -0.2) is 73.4 Å². The van der Waals surface area contributed by atoms with E-state index in [0.717, 1.165) is 24.4 Å². The second-order valence-electron chi connectivity index (χ2n) is 6.98. The number of benzene rings is 2. The van der Waals surface area contributed by atoms with E-state index in [4.69, 9.17) is 9.47 Å². The van der Waals surface area contributed by atoms with Gasteiger partial charge in [0.2, 0.25) is 0 Å². The Morgan fingerprint density at radius 1 is 1.04 bits per heavy atom. The van der Waals surface area contributed by atoms with Gasteiger partial charge < -0.3 is 19.5 Å². The summed E-state index contributed by atoms with van der Waals surface area (Å²) in [4.78, 5) is 16.6. The number of carbonyl (C=O) groups is 1. The molecule has 2 aromatic rings. The SMILES string of the molecule is COc1ccc(C(=O)N2CCN(CC(O)COCc3ccccc3)CC2)cc1. The Morgan fingerprint density at radius 3 is 2.36 bits per heavy atom. The maximum absolute atomic E-state index is 12.6.